The molecule has 4 fully saturated rings. The van der Waals surface area contributed by atoms with Crippen LogP contribution in [0.5, 0.6) is 0 Å². The van der Waals surface area contributed by atoms with Crippen LogP contribution in [-0.2, 0) is 4.74 Å². The van der Waals surface area contributed by atoms with Crippen molar-refractivity contribution < 1.29 is 4.74 Å². The highest BCUT2D eigenvalue weighted by atomic mass is 16.5. The highest BCUT2D eigenvalue weighted by Gasteiger charge is 2.55. The smallest absolute Gasteiger partial charge is 0.0711 e. The summed E-state index contributed by atoms with van der Waals surface area (Å²) in [4.78, 5) is 0. The highest BCUT2D eigenvalue weighted by molar-refractivity contribution is 5.06. The fourth-order valence-corrected chi connectivity index (χ4v) is 5.74. The fourth-order valence-electron chi connectivity index (χ4n) is 5.74. The van der Waals surface area contributed by atoms with Crippen molar-refractivity contribution >= 4 is 0 Å². The van der Waals surface area contributed by atoms with Crippen LogP contribution in [0.3, 0.4) is 0 Å². The molecule has 4 bridgehead atoms. The number of hydrogen-bond donors (Lipinski definition) is 1. The van der Waals surface area contributed by atoms with Crippen molar-refractivity contribution in [1.82, 2.24) is 5.32 Å². The maximum atomic E-state index is 6.51. The zero-order chi connectivity index (χ0) is 17.9. The third-order valence-electron chi connectivity index (χ3n) is 7.14. The molecule has 4 aliphatic rings. The Bertz CT molecular complexity index is 472. The zero-order valence-electron chi connectivity index (χ0n) is 16.9. The summed E-state index contributed by atoms with van der Waals surface area (Å²) in [6.07, 6.45) is 14.3. The molecule has 142 valence electrons. The van der Waals surface area contributed by atoms with E-state index in [4.69, 9.17) is 4.74 Å². The predicted octanol–water partition coefficient (Wildman–Crippen LogP) is 5.50. The maximum Gasteiger partial charge on any atom is 0.0711 e. The van der Waals surface area contributed by atoms with E-state index in [-0.39, 0.29) is 5.60 Å². The lowest BCUT2D eigenvalue weighted by atomic mass is 9.50. The summed E-state index contributed by atoms with van der Waals surface area (Å²) in [5.41, 5.74) is 3.07. The summed E-state index contributed by atoms with van der Waals surface area (Å²) < 4.78 is 6.51. The molecular formula is C23H39NO. The molecule has 0 aromatic carbocycles. The van der Waals surface area contributed by atoms with Crippen LogP contribution in [-0.4, -0.2) is 25.3 Å². The van der Waals surface area contributed by atoms with Crippen LogP contribution < -0.4 is 5.32 Å². The van der Waals surface area contributed by atoms with Gasteiger partial charge in [-0.15, -0.1) is 0 Å². The van der Waals surface area contributed by atoms with Crippen LogP contribution in [0.25, 0.3) is 0 Å². The van der Waals surface area contributed by atoms with Crippen molar-refractivity contribution in [2.45, 2.75) is 78.2 Å². The maximum absolute atomic E-state index is 6.51. The van der Waals surface area contributed by atoms with Gasteiger partial charge in [-0.05, 0) is 96.3 Å². The van der Waals surface area contributed by atoms with Crippen molar-refractivity contribution in [2.24, 2.45) is 23.7 Å². The summed E-state index contributed by atoms with van der Waals surface area (Å²) in [6, 6.07) is 0. The van der Waals surface area contributed by atoms with Crippen LogP contribution in [0.4, 0.5) is 0 Å². The molecule has 0 aliphatic heterocycles. The van der Waals surface area contributed by atoms with E-state index in [1.54, 1.807) is 0 Å². The Morgan fingerprint density at radius 2 is 1.64 bits per heavy atom. The van der Waals surface area contributed by atoms with E-state index in [9.17, 15) is 0 Å². The van der Waals surface area contributed by atoms with Gasteiger partial charge < -0.3 is 10.1 Å². The van der Waals surface area contributed by atoms with Crippen molar-refractivity contribution in [3.8, 4) is 0 Å². The van der Waals surface area contributed by atoms with E-state index in [0.29, 0.717) is 0 Å². The molecule has 0 aromatic rings. The monoisotopic (exact) mass is 345 g/mol. The SMILES string of the molecule is CC(C)=CCC/C(C)=C/CNCCOC1(C)C2CC3CC(C2)CC1C3. The molecule has 0 radical (unpaired) electrons. The number of allylic oxidation sites excluding steroid dienone is 3. The van der Waals surface area contributed by atoms with Crippen molar-refractivity contribution in [3.63, 3.8) is 0 Å². The molecule has 2 heteroatoms. The van der Waals surface area contributed by atoms with Crippen LogP contribution in [0.1, 0.15) is 72.6 Å². The number of rotatable bonds is 9. The largest absolute Gasteiger partial charge is 0.373 e. The van der Waals surface area contributed by atoms with Gasteiger partial charge in [0.1, 0.15) is 0 Å². The van der Waals surface area contributed by atoms with Crippen molar-refractivity contribution in [3.05, 3.63) is 23.3 Å². The molecule has 25 heavy (non-hydrogen) atoms. The van der Waals surface area contributed by atoms with Gasteiger partial charge in [-0.2, -0.15) is 0 Å². The van der Waals surface area contributed by atoms with Gasteiger partial charge in [0, 0.05) is 13.1 Å². The zero-order valence-corrected chi connectivity index (χ0v) is 16.9. The molecular weight excluding hydrogens is 306 g/mol. The molecule has 0 atom stereocenters. The first-order valence-electron chi connectivity index (χ1n) is 10.6. The van der Waals surface area contributed by atoms with Crippen LogP contribution in [0, 0.1) is 23.7 Å². The molecule has 4 aliphatic carbocycles. The summed E-state index contributed by atoms with van der Waals surface area (Å²) in [6.45, 7) is 11.8. The van der Waals surface area contributed by atoms with Crippen molar-refractivity contribution in [1.29, 1.82) is 0 Å². The average molecular weight is 346 g/mol. The number of ether oxygens (including phenoxy) is 1. The Balaban J connectivity index is 1.33. The van der Waals surface area contributed by atoms with Gasteiger partial charge in [0.05, 0.1) is 12.2 Å². The molecule has 0 aromatic heterocycles. The Morgan fingerprint density at radius 1 is 1.00 bits per heavy atom. The minimum Gasteiger partial charge on any atom is -0.373 e. The van der Waals surface area contributed by atoms with E-state index in [1.807, 2.05) is 0 Å². The average Bonchev–Trinajstić information content (AvgIpc) is 2.55. The quantitative estimate of drug-likeness (QED) is 0.440. The minimum absolute atomic E-state index is 0.172. The molecule has 0 unspecified atom stereocenters. The first-order valence-corrected chi connectivity index (χ1v) is 10.6. The Hall–Kier alpha value is -0.600. The molecule has 0 amide bonds. The second-order valence-electron chi connectivity index (χ2n) is 9.41. The summed E-state index contributed by atoms with van der Waals surface area (Å²) in [5, 5.41) is 3.54. The van der Waals surface area contributed by atoms with Gasteiger partial charge in [0.25, 0.3) is 0 Å². The molecule has 4 rings (SSSR count). The second-order valence-corrected chi connectivity index (χ2v) is 9.41. The molecule has 4 saturated carbocycles. The molecule has 0 spiro atoms. The van der Waals surface area contributed by atoms with E-state index in [0.717, 1.165) is 49.8 Å². The van der Waals surface area contributed by atoms with E-state index in [1.165, 1.54) is 49.7 Å². The summed E-state index contributed by atoms with van der Waals surface area (Å²) >= 11 is 0. The first kappa shape index (κ1) is 19.2. The topological polar surface area (TPSA) is 21.3 Å². The van der Waals surface area contributed by atoms with Gasteiger partial charge in [0.2, 0.25) is 0 Å². The summed E-state index contributed by atoms with van der Waals surface area (Å²) in [5.74, 6) is 3.72. The Kier molecular flexibility index (Phi) is 6.44. The highest BCUT2D eigenvalue weighted by Crippen LogP contribution is 2.59. The van der Waals surface area contributed by atoms with Crippen LogP contribution in [0.2, 0.25) is 0 Å². The van der Waals surface area contributed by atoms with Gasteiger partial charge >= 0.3 is 0 Å². The Morgan fingerprint density at radius 3 is 2.24 bits per heavy atom. The van der Waals surface area contributed by atoms with Gasteiger partial charge in [0.15, 0.2) is 0 Å². The van der Waals surface area contributed by atoms with E-state index < -0.39 is 0 Å². The summed E-state index contributed by atoms with van der Waals surface area (Å²) in [7, 11) is 0. The third kappa shape index (κ3) is 4.77. The third-order valence-corrected chi connectivity index (χ3v) is 7.14. The second kappa shape index (κ2) is 8.39. The minimum atomic E-state index is 0.172. The molecule has 0 heterocycles. The van der Waals surface area contributed by atoms with Crippen LogP contribution >= 0.6 is 0 Å². The Labute approximate surface area is 155 Å². The fraction of sp³-hybridized carbons (Fsp3) is 0.826. The first-order chi connectivity index (χ1) is 12.0. The normalized spacial score (nSPS) is 36.7. The lowest BCUT2D eigenvalue weighted by Gasteiger charge is -2.59. The lowest BCUT2D eigenvalue weighted by molar-refractivity contribution is -0.193. The molecule has 0 saturated heterocycles. The number of nitrogens with one attached hydrogen (secondary N) is 1. The standard InChI is InChI=1S/C23H39NO/c1-17(2)6-5-7-18(3)8-9-24-10-11-25-23(4)21-13-19-12-20(15-21)16-22(23)14-19/h6,8,19-22,24H,5,7,9-16H2,1-4H3/b18-8+. The number of hydrogen-bond acceptors (Lipinski definition) is 2. The lowest BCUT2D eigenvalue weighted by Crippen LogP contribution is -2.57. The van der Waals surface area contributed by atoms with E-state index >= 15 is 0 Å². The van der Waals surface area contributed by atoms with Gasteiger partial charge in [-0.25, -0.2) is 0 Å². The van der Waals surface area contributed by atoms with Gasteiger partial charge in [-0.3, -0.25) is 0 Å². The van der Waals surface area contributed by atoms with Gasteiger partial charge in [-0.1, -0.05) is 23.3 Å². The van der Waals surface area contributed by atoms with E-state index in [2.05, 4.69) is 45.2 Å². The molecule has 2 nitrogen and oxygen atoms in total. The van der Waals surface area contributed by atoms with Crippen molar-refractivity contribution in [2.75, 3.05) is 19.7 Å². The van der Waals surface area contributed by atoms with Crippen LogP contribution in [0.15, 0.2) is 23.3 Å². The predicted molar refractivity (Wildman–Crippen MR) is 107 cm³/mol. The molecule has 1 N–H and O–H groups in total.